The molecule has 1 heterocycles. The van der Waals surface area contributed by atoms with Gasteiger partial charge in [-0.15, -0.1) is 11.6 Å². The van der Waals surface area contributed by atoms with Crippen molar-refractivity contribution in [3.8, 4) is 0 Å². The van der Waals surface area contributed by atoms with Crippen molar-refractivity contribution in [2.75, 3.05) is 34.3 Å². The Bertz CT molecular complexity index is 583. The van der Waals surface area contributed by atoms with Crippen molar-refractivity contribution < 1.29 is 8.42 Å². The second-order valence-electron chi connectivity index (χ2n) is 5.84. The van der Waals surface area contributed by atoms with Crippen LogP contribution in [0.3, 0.4) is 0 Å². The Labute approximate surface area is 132 Å². The van der Waals surface area contributed by atoms with Crippen molar-refractivity contribution >= 4 is 33.0 Å². The molecule has 1 saturated heterocycles. The zero-order valence-electron chi connectivity index (χ0n) is 12.6. The predicted octanol–water partition coefficient (Wildman–Crippen LogP) is 3.21. The van der Waals surface area contributed by atoms with Gasteiger partial charge in [-0.3, -0.25) is 4.72 Å². The number of rotatable bonds is 6. The highest BCUT2D eigenvalue weighted by molar-refractivity contribution is 7.92. The molecule has 1 unspecified atom stereocenters. The second-order valence-corrected chi connectivity index (χ2v) is 7.91. The monoisotopic (exact) mass is 330 g/mol. The zero-order valence-corrected chi connectivity index (χ0v) is 14.2. The summed E-state index contributed by atoms with van der Waals surface area (Å²) in [6, 6.07) is 5.89. The molecule has 0 aliphatic carbocycles. The van der Waals surface area contributed by atoms with Crippen LogP contribution in [-0.2, 0) is 10.0 Å². The first-order valence-electron chi connectivity index (χ1n) is 7.33. The summed E-state index contributed by atoms with van der Waals surface area (Å²) in [6.07, 6.45) is 2.45. The van der Waals surface area contributed by atoms with E-state index in [0.29, 0.717) is 11.6 Å². The summed E-state index contributed by atoms with van der Waals surface area (Å²) in [4.78, 5) is 2.33. The maximum Gasteiger partial charge on any atom is 0.233 e. The third kappa shape index (κ3) is 4.51. The summed E-state index contributed by atoms with van der Waals surface area (Å²) in [5.41, 5.74) is 2.77. The van der Waals surface area contributed by atoms with Gasteiger partial charge >= 0.3 is 0 Å². The highest BCUT2D eigenvalue weighted by Gasteiger charge is 2.17. The van der Waals surface area contributed by atoms with Crippen LogP contribution in [0.2, 0.25) is 0 Å². The molecular weight excluding hydrogens is 308 g/mol. The quantitative estimate of drug-likeness (QED) is 0.815. The molecule has 21 heavy (non-hydrogen) atoms. The maximum absolute atomic E-state index is 12.1. The van der Waals surface area contributed by atoms with Crippen LogP contribution in [-0.4, -0.2) is 33.1 Å². The van der Waals surface area contributed by atoms with E-state index in [1.165, 1.54) is 18.5 Å². The van der Waals surface area contributed by atoms with Gasteiger partial charge < -0.3 is 4.90 Å². The lowest BCUT2D eigenvalue weighted by Crippen LogP contribution is -2.23. The standard InChI is InChI=1S/C15H23ClN2O2S/c1-12(10-16)11-21(19,20)17-15-6-5-14(9-13(15)2)18-7-3-4-8-18/h5-6,9,12,17H,3-4,7-8,10-11H2,1-2H3. The Hall–Kier alpha value is -0.940. The number of nitrogens with one attached hydrogen (secondary N) is 1. The normalized spacial score (nSPS) is 17.0. The lowest BCUT2D eigenvalue weighted by molar-refractivity contribution is 0.588. The molecule has 6 heteroatoms. The van der Waals surface area contributed by atoms with Crippen LogP contribution in [0, 0.1) is 12.8 Å². The van der Waals surface area contributed by atoms with Crippen LogP contribution in [0.15, 0.2) is 18.2 Å². The highest BCUT2D eigenvalue weighted by Crippen LogP contribution is 2.26. The second kappa shape index (κ2) is 6.88. The van der Waals surface area contributed by atoms with Gasteiger partial charge in [-0.1, -0.05) is 6.92 Å². The summed E-state index contributed by atoms with van der Waals surface area (Å²) < 4.78 is 26.8. The fourth-order valence-corrected chi connectivity index (χ4v) is 4.32. The third-order valence-electron chi connectivity index (χ3n) is 3.71. The molecule has 0 saturated carbocycles. The van der Waals surface area contributed by atoms with Crippen LogP contribution in [0.25, 0.3) is 0 Å². The minimum atomic E-state index is -3.35. The number of hydrogen-bond donors (Lipinski definition) is 1. The van der Waals surface area contributed by atoms with Crippen molar-refractivity contribution in [1.29, 1.82) is 0 Å². The molecule has 0 bridgehead atoms. The van der Waals surface area contributed by atoms with E-state index < -0.39 is 10.0 Å². The van der Waals surface area contributed by atoms with Crippen LogP contribution < -0.4 is 9.62 Å². The number of halogens is 1. The topological polar surface area (TPSA) is 49.4 Å². The lowest BCUT2D eigenvalue weighted by atomic mass is 10.2. The van der Waals surface area contributed by atoms with E-state index in [0.717, 1.165) is 18.7 Å². The Morgan fingerprint density at radius 3 is 2.57 bits per heavy atom. The van der Waals surface area contributed by atoms with Gasteiger partial charge in [0.2, 0.25) is 10.0 Å². The molecule has 0 spiro atoms. The molecule has 1 aromatic rings. The number of hydrogen-bond acceptors (Lipinski definition) is 3. The number of anilines is 2. The average Bonchev–Trinajstić information content (AvgIpc) is 2.94. The average molecular weight is 331 g/mol. The molecule has 1 fully saturated rings. The molecule has 4 nitrogen and oxygen atoms in total. The number of nitrogens with zero attached hydrogens (tertiary/aromatic N) is 1. The summed E-state index contributed by atoms with van der Waals surface area (Å²) in [5.74, 6) is 0.325. The van der Waals surface area contributed by atoms with Crippen molar-refractivity contribution in [2.24, 2.45) is 5.92 Å². The smallest absolute Gasteiger partial charge is 0.233 e. The number of sulfonamides is 1. The van der Waals surface area contributed by atoms with E-state index in [1.807, 2.05) is 32.0 Å². The van der Waals surface area contributed by atoms with Crippen molar-refractivity contribution in [3.63, 3.8) is 0 Å². The molecular formula is C15H23ClN2O2S. The fraction of sp³-hybridized carbons (Fsp3) is 0.600. The molecule has 0 aromatic heterocycles. The third-order valence-corrected chi connectivity index (χ3v) is 5.78. The van der Waals surface area contributed by atoms with Gasteiger partial charge in [-0.05, 0) is 49.4 Å². The Morgan fingerprint density at radius 1 is 1.33 bits per heavy atom. The van der Waals surface area contributed by atoms with Crippen molar-refractivity contribution in [3.05, 3.63) is 23.8 Å². The van der Waals surface area contributed by atoms with E-state index >= 15 is 0 Å². The highest BCUT2D eigenvalue weighted by atomic mass is 35.5. The van der Waals surface area contributed by atoms with Crippen molar-refractivity contribution in [2.45, 2.75) is 26.7 Å². The van der Waals surface area contributed by atoms with E-state index in [-0.39, 0.29) is 11.7 Å². The zero-order chi connectivity index (χ0) is 15.5. The minimum absolute atomic E-state index is 0.0455. The molecule has 1 aliphatic heterocycles. The number of aryl methyl sites for hydroxylation is 1. The van der Waals surface area contributed by atoms with Gasteiger partial charge in [0.15, 0.2) is 0 Å². The van der Waals surface area contributed by atoms with Crippen LogP contribution in [0.5, 0.6) is 0 Å². The Balaban J connectivity index is 2.10. The fourth-order valence-electron chi connectivity index (χ4n) is 2.56. The molecule has 1 atom stereocenters. The summed E-state index contributed by atoms with van der Waals surface area (Å²) in [7, 11) is -3.35. The first-order chi connectivity index (χ1) is 9.91. The molecule has 2 rings (SSSR count). The molecule has 1 aliphatic rings. The first kappa shape index (κ1) is 16.4. The minimum Gasteiger partial charge on any atom is -0.372 e. The van der Waals surface area contributed by atoms with Gasteiger partial charge in [0.05, 0.1) is 11.4 Å². The summed E-state index contributed by atoms with van der Waals surface area (Å²) >= 11 is 5.69. The summed E-state index contributed by atoms with van der Waals surface area (Å²) in [6.45, 7) is 5.92. The van der Waals surface area contributed by atoms with Gasteiger partial charge in [0, 0.05) is 24.7 Å². The van der Waals surface area contributed by atoms with Gasteiger partial charge in [0.25, 0.3) is 0 Å². The molecule has 0 radical (unpaired) electrons. The number of alkyl halides is 1. The van der Waals surface area contributed by atoms with E-state index in [2.05, 4.69) is 9.62 Å². The Kier molecular flexibility index (Phi) is 5.38. The van der Waals surface area contributed by atoms with Gasteiger partial charge in [0.1, 0.15) is 0 Å². The van der Waals surface area contributed by atoms with E-state index in [4.69, 9.17) is 11.6 Å². The van der Waals surface area contributed by atoms with Crippen LogP contribution >= 0.6 is 11.6 Å². The molecule has 118 valence electrons. The largest absolute Gasteiger partial charge is 0.372 e. The maximum atomic E-state index is 12.1. The summed E-state index contributed by atoms with van der Waals surface area (Å²) in [5, 5.41) is 0. The van der Waals surface area contributed by atoms with Gasteiger partial charge in [-0.2, -0.15) is 0 Å². The lowest BCUT2D eigenvalue weighted by Gasteiger charge is -2.20. The number of benzene rings is 1. The molecule has 0 amide bonds. The van der Waals surface area contributed by atoms with Crippen LogP contribution in [0.1, 0.15) is 25.3 Å². The Morgan fingerprint density at radius 2 is 2.00 bits per heavy atom. The molecule has 1 N–H and O–H groups in total. The first-order valence-corrected chi connectivity index (χ1v) is 9.52. The van der Waals surface area contributed by atoms with Crippen molar-refractivity contribution in [1.82, 2.24) is 0 Å². The van der Waals surface area contributed by atoms with E-state index in [9.17, 15) is 8.42 Å². The predicted molar refractivity (Wildman–Crippen MR) is 89.9 cm³/mol. The van der Waals surface area contributed by atoms with E-state index in [1.54, 1.807) is 0 Å². The SMILES string of the molecule is Cc1cc(N2CCCC2)ccc1NS(=O)(=O)CC(C)CCl. The van der Waals surface area contributed by atoms with Gasteiger partial charge in [-0.25, -0.2) is 8.42 Å². The van der Waals surface area contributed by atoms with Crippen LogP contribution in [0.4, 0.5) is 11.4 Å². The molecule has 1 aromatic carbocycles.